The highest BCUT2D eigenvalue weighted by Gasteiger charge is 2.33. The van der Waals surface area contributed by atoms with Crippen LogP contribution in [0.5, 0.6) is 0 Å². The molecule has 1 unspecified atom stereocenters. The van der Waals surface area contributed by atoms with E-state index in [1.54, 1.807) is 0 Å². The van der Waals surface area contributed by atoms with E-state index in [0.29, 0.717) is 24.9 Å². The Morgan fingerprint density at radius 3 is 2.68 bits per heavy atom. The third kappa shape index (κ3) is 4.50. The second-order valence-electron chi connectivity index (χ2n) is 7.21. The van der Waals surface area contributed by atoms with Crippen molar-refractivity contribution < 1.29 is 9.53 Å². The van der Waals surface area contributed by atoms with Gasteiger partial charge in [-0.1, -0.05) is 42.1 Å². The number of aromatic nitrogens is 3. The zero-order chi connectivity index (χ0) is 19.3. The van der Waals surface area contributed by atoms with E-state index in [2.05, 4.69) is 44.0 Å². The summed E-state index contributed by atoms with van der Waals surface area (Å²) in [7, 11) is 0. The second kappa shape index (κ2) is 8.96. The number of nitrogens with one attached hydrogen (secondary N) is 1. The van der Waals surface area contributed by atoms with Crippen LogP contribution in [0.4, 0.5) is 5.95 Å². The van der Waals surface area contributed by atoms with Crippen LogP contribution in [-0.2, 0) is 16.1 Å². The fraction of sp³-hybridized carbons (Fsp3) is 0.550. The molecule has 1 atom stereocenters. The van der Waals surface area contributed by atoms with Crippen LogP contribution in [0.15, 0.2) is 35.5 Å². The Balaban J connectivity index is 1.37. The van der Waals surface area contributed by atoms with Crippen molar-refractivity contribution in [3.8, 4) is 0 Å². The Morgan fingerprint density at radius 2 is 2.00 bits per heavy atom. The Kier molecular flexibility index (Phi) is 6.17. The van der Waals surface area contributed by atoms with Gasteiger partial charge in [0.1, 0.15) is 0 Å². The van der Waals surface area contributed by atoms with E-state index < -0.39 is 0 Å². The molecule has 0 spiro atoms. The Bertz CT molecular complexity index is 787. The molecule has 1 N–H and O–H groups in total. The number of carbonyl (C=O) groups is 1. The molecule has 0 radical (unpaired) electrons. The lowest BCUT2D eigenvalue weighted by molar-refractivity contribution is -0.119. The van der Waals surface area contributed by atoms with Crippen molar-refractivity contribution in [3.63, 3.8) is 0 Å². The van der Waals surface area contributed by atoms with Crippen LogP contribution >= 0.6 is 11.8 Å². The molecule has 8 heteroatoms. The Morgan fingerprint density at radius 1 is 1.25 bits per heavy atom. The summed E-state index contributed by atoms with van der Waals surface area (Å²) in [5, 5.41) is 12.7. The number of amides is 1. The number of nitrogens with zero attached hydrogens (tertiary/aromatic N) is 4. The van der Waals surface area contributed by atoms with Gasteiger partial charge in [-0.15, -0.1) is 10.2 Å². The largest absolute Gasteiger partial charge is 0.378 e. The molecular weight excluding hydrogens is 374 g/mol. The molecule has 4 rings (SSSR count). The summed E-state index contributed by atoms with van der Waals surface area (Å²) in [6.45, 7) is 5.92. The van der Waals surface area contributed by atoms with Gasteiger partial charge >= 0.3 is 0 Å². The van der Waals surface area contributed by atoms with E-state index in [4.69, 9.17) is 4.74 Å². The molecule has 1 aromatic heterocycles. The maximum Gasteiger partial charge on any atom is 0.230 e. The van der Waals surface area contributed by atoms with Gasteiger partial charge in [0, 0.05) is 19.6 Å². The van der Waals surface area contributed by atoms with Crippen molar-refractivity contribution in [2.24, 2.45) is 5.92 Å². The first-order chi connectivity index (χ1) is 13.8. The molecule has 1 saturated carbocycles. The van der Waals surface area contributed by atoms with Crippen LogP contribution < -0.4 is 10.2 Å². The SMILES string of the molecule is CCn1c(SCC(=O)NC(c2ccccc2)C2CC2)nnc1N1CCOCC1. The smallest absolute Gasteiger partial charge is 0.230 e. The van der Waals surface area contributed by atoms with Gasteiger partial charge in [-0.25, -0.2) is 0 Å². The molecule has 150 valence electrons. The van der Waals surface area contributed by atoms with Crippen molar-refractivity contribution in [1.29, 1.82) is 0 Å². The van der Waals surface area contributed by atoms with Gasteiger partial charge in [-0.05, 0) is 31.2 Å². The highest BCUT2D eigenvalue weighted by Crippen LogP contribution is 2.41. The molecule has 2 aliphatic rings. The van der Waals surface area contributed by atoms with Gasteiger partial charge in [0.25, 0.3) is 0 Å². The van der Waals surface area contributed by atoms with Crippen LogP contribution in [0.1, 0.15) is 31.4 Å². The maximum atomic E-state index is 12.6. The molecule has 2 fully saturated rings. The minimum atomic E-state index is 0.0457. The summed E-state index contributed by atoms with van der Waals surface area (Å²) >= 11 is 1.45. The monoisotopic (exact) mass is 401 g/mol. The van der Waals surface area contributed by atoms with E-state index >= 15 is 0 Å². The highest BCUT2D eigenvalue weighted by molar-refractivity contribution is 7.99. The van der Waals surface area contributed by atoms with Crippen LogP contribution in [0.25, 0.3) is 0 Å². The van der Waals surface area contributed by atoms with Gasteiger partial charge in [0.15, 0.2) is 5.16 Å². The average Bonchev–Trinajstić information content (AvgIpc) is 3.50. The first kappa shape index (κ1) is 19.3. The minimum Gasteiger partial charge on any atom is -0.378 e. The summed E-state index contributed by atoms with van der Waals surface area (Å²) < 4.78 is 7.50. The van der Waals surface area contributed by atoms with Crippen LogP contribution in [0.2, 0.25) is 0 Å². The molecule has 1 amide bonds. The van der Waals surface area contributed by atoms with E-state index in [1.165, 1.54) is 30.2 Å². The number of anilines is 1. The Hall–Kier alpha value is -2.06. The number of ether oxygens (including phenoxy) is 1. The van der Waals surface area contributed by atoms with Gasteiger partial charge in [-0.2, -0.15) is 0 Å². The summed E-state index contributed by atoms with van der Waals surface area (Å²) in [6, 6.07) is 10.4. The van der Waals surface area contributed by atoms with E-state index in [1.807, 2.05) is 18.2 Å². The predicted molar refractivity (Wildman–Crippen MR) is 110 cm³/mol. The van der Waals surface area contributed by atoms with Crippen molar-refractivity contribution in [1.82, 2.24) is 20.1 Å². The van der Waals surface area contributed by atoms with E-state index in [9.17, 15) is 4.79 Å². The average molecular weight is 402 g/mol. The lowest BCUT2D eigenvalue weighted by Gasteiger charge is -2.27. The summed E-state index contributed by atoms with van der Waals surface area (Å²) in [6.07, 6.45) is 2.36. The molecule has 28 heavy (non-hydrogen) atoms. The number of hydrogen-bond donors (Lipinski definition) is 1. The zero-order valence-corrected chi connectivity index (χ0v) is 17.0. The predicted octanol–water partition coefficient (Wildman–Crippen LogP) is 2.49. The standard InChI is InChI=1S/C20H27N5O2S/c1-2-25-19(24-10-12-27-13-11-24)22-23-20(25)28-14-17(26)21-18(16-8-9-16)15-6-4-3-5-7-15/h3-7,16,18H,2,8-14H2,1H3,(H,21,26). The van der Waals surface area contributed by atoms with Gasteiger partial charge in [-0.3, -0.25) is 9.36 Å². The zero-order valence-electron chi connectivity index (χ0n) is 16.2. The number of thioether (sulfide) groups is 1. The molecule has 2 heterocycles. The highest BCUT2D eigenvalue weighted by atomic mass is 32.2. The van der Waals surface area contributed by atoms with Crippen molar-refractivity contribution in [2.75, 3.05) is 37.0 Å². The van der Waals surface area contributed by atoms with Crippen LogP contribution in [-0.4, -0.2) is 52.7 Å². The summed E-state index contributed by atoms with van der Waals surface area (Å²) in [4.78, 5) is 14.8. The second-order valence-corrected chi connectivity index (χ2v) is 8.15. The maximum absolute atomic E-state index is 12.6. The molecule has 2 aromatic rings. The van der Waals surface area contributed by atoms with Crippen LogP contribution in [0, 0.1) is 5.92 Å². The van der Waals surface area contributed by atoms with Gasteiger partial charge in [0.2, 0.25) is 11.9 Å². The quantitative estimate of drug-likeness (QED) is 0.685. The number of rotatable bonds is 8. The van der Waals surface area contributed by atoms with Crippen molar-refractivity contribution in [2.45, 2.75) is 37.5 Å². The van der Waals surface area contributed by atoms with E-state index in [-0.39, 0.29) is 11.9 Å². The fourth-order valence-electron chi connectivity index (χ4n) is 3.57. The summed E-state index contributed by atoms with van der Waals surface area (Å²) in [5.74, 6) is 1.82. The number of morpholine rings is 1. The first-order valence-corrected chi connectivity index (χ1v) is 11.0. The number of benzene rings is 1. The molecule has 1 aromatic carbocycles. The molecule has 1 aliphatic heterocycles. The normalized spacial score (nSPS) is 18.1. The van der Waals surface area contributed by atoms with Gasteiger partial charge < -0.3 is 15.0 Å². The molecule has 7 nitrogen and oxygen atoms in total. The topological polar surface area (TPSA) is 72.3 Å². The molecule has 0 bridgehead atoms. The third-order valence-electron chi connectivity index (χ3n) is 5.21. The molecular formula is C20H27N5O2S. The fourth-order valence-corrected chi connectivity index (χ4v) is 4.38. The minimum absolute atomic E-state index is 0.0457. The molecule has 1 saturated heterocycles. The van der Waals surface area contributed by atoms with E-state index in [0.717, 1.165) is 30.7 Å². The van der Waals surface area contributed by atoms with Crippen LogP contribution in [0.3, 0.4) is 0 Å². The lowest BCUT2D eigenvalue weighted by Crippen LogP contribution is -2.38. The van der Waals surface area contributed by atoms with Crippen molar-refractivity contribution in [3.05, 3.63) is 35.9 Å². The third-order valence-corrected chi connectivity index (χ3v) is 6.18. The molecule has 1 aliphatic carbocycles. The first-order valence-electron chi connectivity index (χ1n) is 9.99. The number of carbonyl (C=O) groups excluding carboxylic acids is 1. The summed E-state index contributed by atoms with van der Waals surface area (Å²) in [5.41, 5.74) is 1.19. The number of hydrogen-bond acceptors (Lipinski definition) is 6. The van der Waals surface area contributed by atoms with Gasteiger partial charge in [0.05, 0.1) is 25.0 Å². The van der Waals surface area contributed by atoms with Crippen molar-refractivity contribution >= 4 is 23.6 Å². The lowest BCUT2D eigenvalue weighted by atomic mass is 10.0. The Labute approximate surface area is 169 Å².